The van der Waals surface area contributed by atoms with Crippen LogP contribution in [-0.2, 0) is 0 Å². The Morgan fingerprint density at radius 2 is 2.41 bits per heavy atom. The van der Waals surface area contributed by atoms with E-state index >= 15 is 0 Å². The SMILES string of the molecule is COc1ccc(/C=N/NC(N)=S)cc1[N+](=O)[O-]. The van der Waals surface area contributed by atoms with Crippen LogP contribution in [0.15, 0.2) is 23.3 Å². The Bertz CT molecular complexity index is 475. The molecule has 0 spiro atoms. The van der Waals surface area contributed by atoms with Crippen LogP contribution in [0.4, 0.5) is 5.69 Å². The van der Waals surface area contributed by atoms with Gasteiger partial charge in [0.05, 0.1) is 18.2 Å². The molecule has 1 rings (SSSR count). The number of methoxy groups -OCH3 is 1. The molecule has 0 aromatic heterocycles. The molecule has 0 aliphatic carbocycles. The molecule has 0 atom stereocenters. The maximum absolute atomic E-state index is 10.7. The maximum atomic E-state index is 10.7. The zero-order chi connectivity index (χ0) is 12.8. The molecular formula is C9H10N4O3S. The predicted molar refractivity (Wildman–Crippen MR) is 67.2 cm³/mol. The summed E-state index contributed by atoms with van der Waals surface area (Å²) in [6.07, 6.45) is 1.37. The van der Waals surface area contributed by atoms with Crippen LogP contribution in [0, 0.1) is 10.1 Å². The molecule has 0 saturated heterocycles. The third kappa shape index (κ3) is 3.68. The normalized spacial score (nSPS) is 10.2. The van der Waals surface area contributed by atoms with Crippen LogP contribution in [-0.4, -0.2) is 23.4 Å². The molecule has 0 saturated carbocycles. The third-order valence-electron chi connectivity index (χ3n) is 1.79. The molecule has 0 heterocycles. The first-order valence-electron chi connectivity index (χ1n) is 4.45. The van der Waals surface area contributed by atoms with Crippen molar-refractivity contribution >= 4 is 29.2 Å². The van der Waals surface area contributed by atoms with Gasteiger partial charge < -0.3 is 10.5 Å². The van der Waals surface area contributed by atoms with Gasteiger partial charge in [0.25, 0.3) is 0 Å². The molecule has 8 heteroatoms. The van der Waals surface area contributed by atoms with Crippen LogP contribution >= 0.6 is 12.2 Å². The summed E-state index contributed by atoms with van der Waals surface area (Å²) in [5.41, 5.74) is 7.90. The highest BCUT2D eigenvalue weighted by molar-refractivity contribution is 7.80. The van der Waals surface area contributed by atoms with Crippen LogP contribution in [0.5, 0.6) is 5.75 Å². The smallest absolute Gasteiger partial charge is 0.311 e. The van der Waals surface area contributed by atoms with Crippen LogP contribution in [0.25, 0.3) is 0 Å². The van der Waals surface area contributed by atoms with Crippen LogP contribution in [0.2, 0.25) is 0 Å². The average Bonchev–Trinajstić information content (AvgIpc) is 2.28. The van der Waals surface area contributed by atoms with E-state index in [0.29, 0.717) is 5.56 Å². The first-order valence-corrected chi connectivity index (χ1v) is 4.86. The zero-order valence-electron chi connectivity index (χ0n) is 8.91. The van der Waals surface area contributed by atoms with Gasteiger partial charge in [-0.3, -0.25) is 15.5 Å². The van der Waals surface area contributed by atoms with Crippen LogP contribution in [0.3, 0.4) is 0 Å². The van der Waals surface area contributed by atoms with Crippen molar-refractivity contribution in [2.45, 2.75) is 0 Å². The molecule has 17 heavy (non-hydrogen) atoms. The number of ether oxygens (including phenoxy) is 1. The first-order chi connectivity index (χ1) is 8.04. The Hall–Kier alpha value is -2.22. The Morgan fingerprint density at radius 3 is 2.94 bits per heavy atom. The summed E-state index contributed by atoms with van der Waals surface area (Å²) in [5.74, 6) is 0.189. The van der Waals surface area contributed by atoms with Crippen LogP contribution < -0.4 is 15.9 Å². The lowest BCUT2D eigenvalue weighted by Gasteiger charge is -2.01. The second kappa shape index (κ2) is 5.75. The molecule has 3 N–H and O–H groups in total. The van der Waals surface area contributed by atoms with E-state index < -0.39 is 4.92 Å². The topological polar surface area (TPSA) is 103 Å². The second-order valence-corrected chi connectivity index (χ2v) is 3.36. The van der Waals surface area contributed by atoms with Gasteiger partial charge >= 0.3 is 5.69 Å². The number of benzene rings is 1. The fraction of sp³-hybridized carbons (Fsp3) is 0.111. The minimum Gasteiger partial charge on any atom is -0.490 e. The Kier molecular flexibility index (Phi) is 4.35. The molecule has 0 amide bonds. The first kappa shape index (κ1) is 12.8. The highest BCUT2D eigenvalue weighted by Crippen LogP contribution is 2.26. The van der Waals surface area contributed by atoms with E-state index in [1.54, 1.807) is 6.07 Å². The number of nitrogens with two attached hydrogens (primary N) is 1. The Morgan fingerprint density at radius 1 is 1.71 bits per heavy atom. The summed E-state index contributed by atoms with van der Waals surface area (Å²) in [6, 6.07) is 4.44. The van der Waals surface area contributed by atoms with Crippen LogP contribution in [0.1, 0.15) is 5.56 Å². The number of hydrogen-bond acceptors (Lipinski definition) is 5. The number of hydrazone groups is 1. The molecular weight excluding hydrogens is 244 g/mol. The molecule has 7 nitrogen and oxygen atoms in total. The monoisotopic (exact) mass is 254 g/mol. The van der Waals surface area contributed by atoms with Gasteiger partial charge in [-0.05, 0) is 24.4 Å². The molecule has 1 aromatic rings. The van der Waals surface area contributed by atoms with Gasteiger partial charge in [-0.2, -0.15) is 5.10 Å². The highest BCUT2D eigenvalue weighted by Gasteiger charge is 2.14. The molecule has 90 valence electrons. The van der Waals surface area contributed by atoms with E-state index in [1.165, 1.54) is 25.5 Å². The molecule has 0 fully saturated rings. The summed E-state index contributed by atoms with van der Waals surface area (Å²) < 4.78 is 4.86. The van der Waals surface area contributed by atoms with Gasteiger partial charge in [-0.25, -0.2) is 0 Å². The summed E-state index contributed by atoms with van der Waals surface area (Å²) in [5, 5.41) is 14.4. The van der Waals surface area contributed by atoms with E-state index in [0.717, 1.165) is 0 Å². The van der Waals surface area contributed by atoms with E-state index in [4.69, 9.17) is 10.5 Å². The summed E-state index contributed by atoms with van der Waals surface area (Å²) in [7, 11) is 1.37. The lowest BCUT2D eigenvalue weighted by Crippen LogP contribution is -2.23. The fourth-order valence-electron chi connectivity index (χ4n) is 1.10. The quantitative estimate of drug-likeness (QED) is 0.356. The van der Waals surface area contributed by atoms with Gasteiger partial charge in [-0.1, -0.05) is 0 Å². The Balaban J connectivity index is 2.96. The fourth-order valence-corrected chi connectivity index (χ4v) is 1.15. The van der Waals surface area contributed by atoms with E-state index in [2.05, 4.69) is 22.7 Å². The predicted octanol–water partition coefficient (Wildman–Crippen LogP) is 0.771. The van der Waals surface area contributed by atoms with Crippen molar-refractivity contribution in [2.75, 3.05) is 7.11 Å². The lowest BCUT2D eigenvalue weighted by atomic mass is 10.2. The van der Waals surface area contributed by atoms with E-state index in [1.807, 2.05) is 0 Å². The standard InChI is InChI=1S/C9H10N4O3S/c1-16-8-3-2-6(4-7(8)13(14)15)5-11-12-9(10)17/h2-5H,1H3,(H3,10,12,17)/b11-5+. The third-order valence-corrected chi connectivity index (χ3v) is 1.88. The summed E-state index contributed by atoms with van der Waals surface area (Å²) in [4.78, 5) is 10.2. The minimum absolute atomic E-state index is 0.0178. The van der Waals surface area contributed by atoms with Crippen molar-refractivity contribution in [1.82, 2.24) is 5.43 Å². The second-order valence-electron chi connectivity index (χ2n) is 2.92. The van der Waals surface area contributed by atoms with Gasteiger partial charge in [0.1, 0.15) is 0 Å². The van der Waals surface area contributed by atoms with Gasteiger partial charge in [-0.15, -0.1) is 0 Å². The van der Waals surface area contributed by atoms with Gasteiger partial charge in [0.2, 0.25) is 0 Å². The largest absolute Gasteiger partial charge is 0.490 e. The number of thiocarbonyl (C=S) groups is 1. The van der Waals surface area contributed by atoms with Crippen molar-refractivity contribution in [1.29, 1.82) is 0 Å². The van der Waals surface area contributed by atoms with Crippen molar-refractivity contribution in [3.05, 3.63) is 33.9 Å². The van der Waals surface area contributed by atoms with E-state index in [-0.39, 0.29) is 16.5 Å². The Labute approximate surface area is 102 Å². The lowest BCUT2D eigenvalue weighted by molar-refractivity contribution is -0.385. The number of rotatable bonds is 4. The molecule has 0 radical (unpaired) electrons. The zero-order valence-corrected chi connectivity index (χ0v) is 9.73. The summed E-state index contributed by atoms with van der Waals surface area (Å²) in [6.45, 7) is 0. The van der Waals surface area contributed by atoms with E-state index in [9.17, 15) is 10.1 Å². The molecule has 0 aliphatic heterocycles. The van der Waals surface area contributed by atoms with Gasteiger partial charge in [0.15, 0.2) is 10.9 Å². The van der Waals surface area contributed by atoms with Crippen molar-refractivity contribution in [3.8, 4) is 5.75 Å². The van der Waals surface area contributed by atoms with Crippen molar-refractivity contribution in [3.63, 3.8) is 0 Å². The summed E-state index contributed by atoms with van der Waals surface area (Å²) >= 11 is 4.54. The number of nitro groups is 1. The number of nitrogens with one attached hydrogen (secondary N) is 1. The molecule has 1 aromatic carbocycles. The van der Waals surface area contributed by atoms with Gasteiger partial charge in [0, 0.05) is 11.6 Å². The van der Waals surface area contributed by atoms with Crippen molar-refractivity contribution < 1.29 is 9.66 Å². The average molecular weight is 254 g/mol. The molecule has 0 bridgehead atoms. The minimum atomic E-state index is -0.531. The molecule has 0 unspecified atom stereocenters. The number of nitrogens with zero attached hydrogens (tertiary/aromatic N) is 2. The number of hydrogen-bond donors (Lipinski definition) is 2. The number of nitro benzene ring substituents is 1. The maximum Gasteiger partial charge on any atom is 0.311 e. The highest BCUT2D eigenvalue weighted by atomic mass is 32.1. The molecule has 0 aliphatic rings. The van der Waals surface area contributed by atoms with Crippen molar-refractivity contribution in [2.24, 2.45) is 10.8 Å².